The van der Waals surface area contributed by atoms with Crippen molar-refractivity contribution < 1.29 is 8.78 Å². The summed E-state index contributed by atoms with van der Waals surface area (Å²) in [5.74, 6) is -1.02. The van der Waals surface area contributed by atoms with Crippen molar-refractivity contribution in [2.75, 3.05) is 0 Å². The highest BCUT2D eigenvalue weighted by Gasteiger charge is 2.18. The van der Waals surface area contributed by atoms with Crippen molar-refractivity contribution >= 4 is 0 Å². The second-order valence-corrected chi connectivity index (χ2v) is 4.71. The van der Waals surface area contributed by atoms with Gasteiger partial charge in [-0.3, -0.25) is 0 Å². The predicted molar refractivity (Wildman–Crippen MR) is 66.8 cm³/mol. The summed E-state index contributed by atoms with van der Waals surface area (Å²) in [7, 11) is 0. The van der Waals surface area contributed by atoms with Gasteiger partial charge in [-0.1, -0.05) is 32.4 Å². The second-order valence-electron chi connectivity index (χ2n) is 4.71. The SMILES string of the molecule is CCC(C)C(C)NC(C)c1cccc(F)c1F. The van der Waals surface area contributed by atoms with Gasteiger partial charge in [0.1, 0.15) is 0 Å². The van der Waals surface area contributed by atoms with Crippen molar-refractivity contribution in [3.05, 3.63) is 35.4 Å². The molecule has 1 aromatic rings. The minimum Gasteiger partial charge on any atom is -0.307 e. The Morgan fingerprint density at radius 2 is 1.82 bits per heavy atom. The van der Waals surface area contributed by atoms with Gasteiger partial charge in [-0.2, -0.15) is 0 Å². The van der Waals surface area contributed by atoms with Crippen molar-refractivity contribution in [3.63, 3.8) is 0 Å². The van der Waals surface area contributed by atoms with Crippen LogP contribution in [0.3, 0.4) is 0 Å². The fourth-order valence-corrected chi connectivity index (χ4v) is 1.86. The van der Waals surface area contributed by atoms with Crippen molar-refractivity contribution in [1.29, 1.82) is 0 Å². The van der Waals surface area contributed by atoms with Crippen LogP contribution in [-0.4, -0.2) is 6.04 Å². The van der Waals surface area contributed by atoms with Gasteiger partial charge in [0.05, 0.1) is 0 Å². The first kappa shape index (κ1) is 14.1. The van der Waals surface area contributed by atoms with E-state index in [-0.39, 0.29) is 12.1 Å². The minimum absolute atomic E-state index is 0.185. The van der Waals surface area contributed by atoms with Gasteiger partial charge in [-0.25, -0.2) is 8.78 Å². The fraction of sp³-hybridized carbons (Fsp3) is 0.571. The molecule has 1 aromatic carbocycles. The summed E-state index contributed by atoms with van der Waals surface area (Å²) in [5, 5.41) is 3.31. The summed E-state index contributed by atoms with van der Waals surface area (Å²) in [6.45, 7) is 8.20. The molecule has 0 bridgehead atoms. The highest BCUT2D eigenvalue weighted by atomic mass is 19.2. The van der Waals surface area contributed by atoms with Gasteiger partial charge in [-0.05, 0) is 25.8 Å². The molecule has 3 unspecified atom stereocenters. The molecular weight excluding hydrogens is 220 g/mol. The van der Waals surface area contributed by atoms with Crippen LogP contribution in [0.4, 0.5) is 8.78 Å². The molecule has 3 heteroatoms. The molecule has 96 valence electrons. The van der Waals surface area contributed by atoms with E-state index >= 15 is 0 Å². The van der Waals surface area contributed by atoms with Crippen LogP contribution in [0, 0.1) is 17.6 Å². The van der Waals surface area contributed by atoms with Crippen molar-refractivity contribution in [2.45, 2.75) is 46.2 Å². The highest BCUT2D eigenvalue weighted by Crippen LogP contribution is 2.20. The Morgan fingerprint density at radius 3 is 2.41 bits per heavy atom. The lowest BCUT2D eigenvalue weighted by molar-refractivity contribution is 0.353. The summed E-state index contributed by atoms with van der Waals surface area (Å²) in [6.07, 6.45) is 1.06. The maximum atomic E-state index is 13.6. The van der Waals surface area contributed by atoms with Crippen LogP contribution in [0.1, 0.15) is 45.7 Å². The van der Waals surface area contributed by atoms with Gasteiger partial charge < -0.3 is 5.32 Å². The van der Waals surface area contributed by atoms with Crippen LogP contribution >= 0.6 is 0 Å². The standard InChI is InChI=1S/C14H21F2N/c1-5-9(2)10(3)17-11(4)12-7-6-8-13(15)14(12)16/h6-11,17H,5H2,1-4H3. The third kappa shape index (κ3) is 3.50. The maximum Gasteiger partial charge on any atom is 0.163 e. The topological polar surface area (TPSA) is 12.0 Å². The van der Waals surface area contributed by atoms with Crippen LogP contribution in [0.2, 0.25) is 0 Å². The zero-order chi connectivity index (χ0) is 13.0. The van der Waals surface area contributed by atoms with Crippen LogP contribution in [-0.2, 0) is 0 Å². The first-order chi connectivity index (χ1) is 7.97. The van der Waals surface area contributed by atoms with Gasteiger partial charge in [0, 0.05) is 17.6 Å². The molecule has 0 aromatic heterocycles. The predicted octanol–water partition coefficient (Wildman–Crippen LogP) is 4.05. The van der Waals surface area contributed by atoms with Gasteiger partial charge >= 0.3 is 0 Å². The first-order valence-electron chi connectivity index (χ1n) is 6.17. The molecule has 0 spiro atoms. The minimum atomic E-state index is -0.785. The van der Waals surface area contributed by atoms with Crippen LogP contribution in [0.15, 0.2) is 18.2 Å². The fourth-order valence-electron chi connectivity index (χ4n) is 1.86. The number of halogens is 2. The molecular formula is C14H21F2N. The van der Waals surface area contributed by atoms with Gasteiger partial charge in [-0.15, -0.1) is 0 Å². The molecule has 0 aliphatic rings. The molecule has 3 atom stereocenters. The van der Waals surface area contributed by atoms with Gasteiger partial charge in [0.15, 0.2) is 11.6 Å². The van der Waals surface area contributed by atoms with E-state index in [9.17, 15) is 8.78 Å². The molecule has 1 nitrogen and oxygen atoms in total. The Hall–Kier alpha value is -0.960. The Balaban J connectivity index is 2.76. The van der Waals surface area contributed by atoms with Crippen molar-refractivity contribution in [3.8, 4) is 0 Å². The molecule has 1 rings (SSSR count). The van der Waals surface area contributed by atoms with E-state index in [1.54, 1.807) is 12.1 Å². The van der Waals surface area contributed by atoms with Gasteiger partial charge in [0.25, 0.3) is 0 Å². The molecule has 1 N–H and O–H groups in total. The van der Waals surface area contributed by atoms with E-state index < -0.39 is 11.6 Å². The van der Waals surface area contributed by atoms with E-state index in [0.29, 0.717) is 11.5 Å². The summed E-state index contributed by atoms with van der Waals surface area (Å²) >= 11 is 0. The number of rotatable bonds is 5. The Morgan fingerprint density at radius 1 is 1.18 bits per heavy atom. The van der Waals surface area contributed by atoms with Crippen LogP contribution in [0.25, 0.3) is 0 Å². The maximum absolute atomic E-state index is 13.6. The number of benzene rings is 1. The van der Waals surface area contributed by atoms with E-state index in [2.05, 4.69) is 26.1 Å². The van der Waals surface area contributed by atoms with E-state index in [0.717, 1.165) is 12.5 Å². The van der Waals surface area contributed by atoms with E-state index in [1.165, 1.54) is 0 Å². The average Bonchev–Trinajstić information content (AvgIpc) is 2.31. The lowest BCUT2D eigenvalue weighted by Crippen LogP contribution is -2.34. The number of nitrogens with one attached hydrogen (secondary N) is 1. The molecule has 0 saturated carbocycles. The molecule has 0 heterocycles. The lowest BCUT2D eigenvalue weighted by atomic mass is 9.98. The monoisotopic (exact) mass is 241 g/mol. The smallest absolute Gasteiger partial charge is 0.163 e. The van der Waals surface area contributed by atoms with Crippen molar-refractivity contribution in [1.82, 2.24) is 5.32 Å². The third-order valence-electron chi connectivity index (χ3n) is 3.46. The second kappa shape index (κ2) is 6.10. The van der Waals surface area contributed by atoms with Crippen LogP contribution < -0.4 is 5.32 Å². The third-order valence-corrected chi connectivity index (χ3v) is 3.46. The molecule has 0 radical (unpaired) electrons. The number of hydrogen-bond donors (Lipinski definition) is 1. The number of hydrogen-bond acceptors (Lipinski definition) is 1. The summed E-state index contributed by atoms with van der Waals surface area (Å²) in [4.78, 5) is 0. The molecule has 0 amide bonds. The van der Waals surface area contributed by atoms with Crippen molar-refractivity contribution in [2.24, 2.45) is 5.92 Å². The molecule has 0 aliphatic carbocycles. The molecule has 0 saturated heterocycles. The summed E-state index contributed by atoms with van der Waals surface area (Å²) in [6, 6.07) is 4.40. The zero-order valence-electron chi connectivity index (χ0n) is 10.9. The lowest BCUT2D eigenvalue weighted by Gasteiger charge is -2.25. The first-order valence-corrected chi connectivity index (χ1v) is 6.17. The highest BCUT2D eigenvalue weighted by molar-refractivity contribution is 5.22. The summed E-state index contributed by atoms with van der Waals surface area (Å²) < 4.78 is 26.7. The quantitative estimate of drug-likeness (QED) is 0.820. The molecule has 17 heavy (non-hydrogen) atoms. The van der Waals surface area contributed by atoms with E-state index in [4.69, 9.17) is 0 Å². The Bertz CT molecular complexity index is 365. The van der Waals surface area contributed by atoms with Crippen LogP contribution in [0.5, 0.6) is 0 Å². The largest absolute Gasteiger partial charge is 0.307 e. The normalized spacial score (nSPS) is 16.6. The van der Waals surface area contributed by atoms with E-state index in [1.807, 2.05) is 6.92 Å². The molecule has 0 aliphatic heterocycles. The Labute approximate surface area is 102 Å². The molecule has 0 fully saturated rings. The average molecular weight is 241 g/mol. The van der Waals surface area contributed by atoms with Gasteiger partial charge in [0.2, 0.25) is 0 Å². The Kier molecular flexibility index (Phi) is 5.06. The zero-order valence-corrected chi connectivity index (χ0v) is 10.9. The summed E-state index contributed by atoms with van der Waals surface area (Å²) in [5.41, 5.74) is 0.389.